The maximum atomic E-state index is 12.0. The zero-order valence-electron chi connectivity index (χ0n) is 13.1. The lowest BCUT2D eigenvalue weighted by Gasteiger charge is -2.15. The minimum Gasteiger partial charge on any atom is -0.324 e. The Morgan fingerprint density at radius 2 is 1.96 bits per heavy atom. The summed E-state index contributed by atoms with van der Waals surface area (Å²) in [5.41, 5.74) is 1.83. The molecule has 1 aromatic rings. The van der Waals surface area contributed by atoms with Crippen LogP contribution in [0.25, 0.3) is 0 Å². The van der Waals surface area contributed by atoms with Crippen LogP contribution in [0.2, 0.25) is 10.0 Å². The first-order valence-corrected chi connectivity index (χ1v) is 7.88. The summed E-state index contributed by atoms with van der Waals surface area (Å²) >= 11 is 11.9. The van der Waals surface area contributed by atoms with Gasteiger partial charge in [-0.1, -0.05) is 29.3 Å². The van der Waals surface area contributed by atoms with Crippen LogP contribution in [-0.2, 0) is 9.59 Å². The molecule has 7 nitrogen and oxygen atoms in total. The highest BCUT2D eigenvalue weighted by atomic mass is 35.5. The second-order valence-corrected chi connectivity index (χ2v) is 6.50. The molecule has 0 saturated carbocycles. The molecule has 4 amide bonds. The summed E-state index contributed by atoms with van der Waals surface area (Å²) in [6.07, 6.45) is 1.27. The second kappa shape index (κ2) is 7.19. The highest BCUT2D eigenvalue weighted by Gasteiger charge is 2.43. The number of urea groups is 1. The van der Waals surface area contributed by atoms with Crippen molar-refractivity contribution >= 4 is 47.3 Å². The van der Waals surface area contributed by atoms with Gasteiger partial charge in [0, 0.05) is 18.5 Å². The minimum atomic E-state index is -0.952. The van der Waals surface area contributed by atoms with Crippen LogP contribution in [0.4, 0.5) is 4.79 Å². The number of nitrogens with zero attached hydrogens (tertiary/aromatic N) is 2. The Hall–Kier alpha value is -2.12. The van der Waals surface area contributed by atoms with Crippen molar-refractivity contribution in [1.29, 1.82) is 0 Å². The molecule has 1 aromatic carbocycles. The first-order valence-electron chi connectivity index (χ1n) is 7.12. The summed E-state index contributed by atoms with van der Waals surface area (Å²) in [5.74, 6) is -0.814. The van der Waals surface area contributed by atoms with Gasteiger partial charge in [-0.3, -0.25) is 14.5 Å². The van der Waals surface area contributed by atoms with Gasteiger partial charge in [-0.2, -0.15) is 5.10 Å². The standard InChI is InChI=1S/C15H16Cl2N4O3/c1-15(2)13(23)21(14(24)19-15)7-6-12(22)20-18-8-9-10(16)4-3-5-11(9)17/h3-5,8H,6-7H2,1-2H3,(H,19,24)(H,20,22)/b18-8-. The van der Waals surface area contributed by atoms with E-state index in [2.05, 4.69) is 15.8 Å². The van der Waals surface area contributed by atoms with E-state index in [-0.39, 0.29) is 18.9 Å². The van der Waals surface area contributed by atoms with E-state index in [0.29, 0.717) is 15.6 Å². The molecule has 0 atom stereocenters. The van der Waals surface area contributed by atoms with E-state index in [9.17, 15) is 14.4 Å². The molecule has 1 aliphatic heterocycles. The summed E-state index contributed by atoms with van der Waals surface area (Å²) in [4.78, 5) is 36.4. The summed E-state index contributed by atoms with van der Waals surface area (Å²) in [6.45, 7) is 3.18. The van der Waals surface area contributed by atoms with E-state index in [0.717, 1.165) is 4.90 Å². The summed E-state index contributed by atoms with van der Waals surface area (Å²) in [7, 11) is 0. The molecule has 1 heterocycles. The molecular weight excluding hydrogens is 355 g/mol. The van der Waals surface area contributed by atoms with Gasteiger partial charge in [0.1, 0.15) is 5.54 Å². The Morgan fingerprint density at radius 1 is 1.33 bits per heavy atom. The summed E-state index contributed by atoms with van der Waals surface area (Å²) < 4.78 is 0. The zero-order valence-corrected chi connectivity index (χ0v) is 14.6. The molecule has 9 heteroatoms. The molecule has 1 fully saturated rings. The predicted octanol–water partition coefficient (Wildman–Crippen LogP) is 2.16. The van der Waals surface area contributed by atoms with Crippen molar-refractivity contribution in [2.75, 3.05) is 6.54 Å². The average molecular weight is 371 g/mol. The first kappa shape index (κ1) is 18.2. The van der Waals surface area contributed by atoms with Gasteiger partial charge in [0.25, 0.3) is 5.91 Å². The number of hydrogen-bond donors (Lipinski definition) is 2. The molecule has 1 aliphatic rings. The Bertz CT molecular complexity index is 698. The molecule has 24 heavy (non-hydrogen) atoms. The van der Waals surface area contributed by atoms with Crippen LogP contribution in [0, 0.1) is 0 Å². The van der Waals surface area contributed by atoms with E-state index in [1.165, 1.54) is 6.21 Å². The van der Waals surface area contributed by atoms with Gasteiger partial charge in [-0.25, -0.2) is 10.2 Å². The van der Waals surface area contributed by atoms with Crippen LogP contribution >= 0.6 is 23.2 Å². The Balaban J connectivity index is 1.87. The van der Waals surface area contributed by atoms with Gasteiger partial charge in [0.15, 0.2) is 0 Å². The molecule has 0 spiro atoms. The van der Waals surface area contributed by atoms with Crippen molar-refractivity contribution in [2.24, 2.45) is 5.10 Å². The fourth-order valence-electron chi connectivity index (χ4n) is 2.09. The maximum Gasteiger partial charge on any atom is 0.325 e. The van der Waals surface area contributed by atoms with Crippen molar-refractivity contribution in [2.45, 2.75) is 25.8 Å². The van der Waals surface area contributed by atoms with Crippen molar-refractivity contribution in [3.63, 3.8) is 0 Å². The molecule has 0 bridgehead atoms. The van der Waals surface area contributed by atoms with Crippen LogP contribution in [-0.4, -0.2) is 41.0 Å². The normalized spacial score (nSPS) is 16.6. The van der Waals surface area contributed by atoms with E-state index in [1.807, 2.05) is 0 Å². The number of rotatable bonds is 5. The van der Waals surface area contributed by atoms with E-state index in [1.54, 1.807) is 32.0 Å². The largest absolute Gasteiger partial charge is 0.325 e. The second-order valence-electron chi connectivity index (χ2n) is 5.69. The highest BCUT2D eigenvalue weighted by molar-refractivity contribution is 6.38. The quantitative estimate of drug-likeness (QED) is 0.472. The summed E-state index contributed by atoms with van der Waals surface area (Å²) in [5, 5.41) is 7.13. The molecule has 0 aliphatic carbocycles. The fraction of sp³-hybridized carbons (Fsp3) is 0.333. The average Bonchev–Trinajstić information content (AvgIpc) is 2.68. The maximum absolute atomic E-state index is 12.0. The van der Waals surface area contributed by atoms with Crippen LogP contribution in [0.5, 0.6) is 0 Å². The molecule has 2 N–H and O–H groups in total. The number of hydrazone groups is 1. The third kappa shape index (κ3) is 4.04. The zero-order chi connectivity index (χ0) is 17.9. The number of halogens is 2. The van der Waals surface area contributed by atoms with Gasteiger partial charge in [0.2, 0.25) is 5.91 Å². The number of carbonyl (C=O) groups is 3. The van der Waals surface area contributed by atoms with E-state index in [4.69, 9.17) is 23.2 Å². The van der Waals surface area contributed by atoms with E-state index < -0.39 is 17.5 Å². The monoisotopic (exact) mass is 370 g/mol. The predicted molar refractivity (Wildman–Crippen MR) is 91.1 cm³/mol. The van der Waals surface area contributed by atoms with E-state index >= 15 is 0 Å². The molecule has 0 radical (unpaired) electrons. The van der Waals surface area contributed by atoms with Crippen LogP contribution in [0.3, 0.4) is 0 Å². The van der Waals surface area contributed by atoms with Gasteiger partial charge in [-0.05, 0) is 26.0 Å². The van der Waals surface area contributed by atoms with Gasteiger partial charge in [-0.15, -0.1) is 0 Å². The molecule has 128 valence electrons. The number of hydrogen-bond acceptors (Lipinski definition) is 4. The number of amides is 4. The van der Waals surface area contributed by atoms with Crippen molar-refractivity contribution in [3.8, 4) is 0 Å². The molecule has 1 saturated heterocycles. The number of imide groups is 1. The Kier molecular flexibility index (Phi) is 5.46. The summed E-state index contributed by atoms with van der Waals surface area (Å²) in [6, 6.07) is 4.48. The Labute approximate surface area is 149 Å². The third-order valence-electron chi connectivity index (χ3n) is 3.39. The van der Waals surface area contributed by atoms with Crippen molar-refractivity contribution < 1.29 is 14.4 Å². The molecule has 0 aromatic heterocycles. The van der Waals surface area contributed by atoms with Gasteiger partial charge < -0.3 is 5.32 Å². The van der Waals surface area contributed by atoms with Crippen LogP contribution in [0.15, 0.2) is 23.3 Å². The Morgan fingerprint density at radius 3 is 2.50 bits per heavy atom. The minimum absolute atomic E-state index is 0.0255. The lowest BCUT2D eigenvalue weighted by atomic mass is 10.1. The number of nitrogens with one attached hydrogen (secondary N) is 2. The number of carbonyl (C=O) groups excluding carboxylic acids is 3. The number of benzene rings is 1. The lowest BCUT2D eigenvalue weighted by Crippen LogP contribution is -2.40. The molecule has 0 unspecified atom stereocenters. The fourth-order valence-corrected chi connectivity index (χ4v) is 2.59. The SMILES string of the molecule is CC1(C)NC(=O)N(CCC(=O)N/N=C\c2c(Cl)cccc2Cl)C1=O. The smallest absolute Gasteiger partial charge is 0.324 e. The topological polar surface area (TPSA) is 90.9 Å². The van der Waals surface area contributed by atoms with Crippen LogP contribution < -0.4 is 10.7 Å². The van der Waals surface area contributed by atoms with Gasteiger partial charge >= 0.3 is 6.03 Å². The molecular formula is C15H16Cl2N4O3. The van der Waals surface area contributed by atoms with Crippen molar-refractivity contribution in [3.05, 3.63) is 33.8 Å². The lowest BCUT2D eigenvalue weighted by molar-refractivity contribution is -0.130. The highest BCUT2D eigenvalue weighted by Crippen LogP contribution is 2.22. The first-order chi connectivity index (χ1) is 11.2. The van der Waals surface area contributed by atoms with Crippen LogP contribution in [0.1, 0.15) is 25.8 Å². The van der Waals surface area contributed by atoms with Crippen molar-refractivity contribution in [1.82, 2.24) is 15.6 Å². The molecule has 2 rings (SSSR count). The van der Waals surface area contributed by atoms with Gasteiger partial charge in [0.05, 0.1) is 16.3 Å². The third-order valence-corrected chi connectivity index (χ3v) is 4.05.